The lowest BCUT2D eigenvalue weighted by Gasteiger charge is -2.17. The molecule has 3 nitrogen and oxygen atoms in total. The van der Waals surface area contributed by atoms with E-state index in [4.69, 9.17) is 0 Å². The number of aliphatic hydroxyl groups is 1. The van der Waals surface area contributed by atoms with Crippen LogP contribution >= 0.6 is 0 Å². The molecule has 0 fully saturated rings. The first kappa shape index (κ1) is 16.4. The number of benzene rings is 1. The summed E-state index contributed by atoms with van der Waals surface area (Å²) in [5.74, 6) is -0.0264. The SMILES string of the molecule is CC(C)CC(CO)NC(=O)C/C=C/c1cccc(F)c1. The Morgan fingerprint density at radius 1 is 1.45 bits per heavy atom. The molecule has 1 atom stereocenters. The molecule has 1 rings (SSSR count). The van der Waals surface area contributed by atoms with Gasteiger partial charge in [-0.1, -0.05) is 38.1 Å². The van der Waals surface area contributed by atoms with E-state index in [1.807, 2.05) is 13.8 Å². The number of carbonyl (C=O) groups excluding carboxylic acids is 1. The summed E-state index contributed by atoms with van der Waals surface area (Å²) in [6.07, 6.45) is 4.36. The number of nitrogens with one attached hydrogen (secondary N) is 1. The van der Waals surface area contributed by atoms with Crippen LogP contribution in [-0.4, -0.2) is 23.7 Å². The van der Waals surface area contributed by atoms with Crippen LogP contribution in [0.4, 0.5) is 4.39 Å². The summed E-state index contributed by atoms with van der Waals surface area (Å²) in [7, 11) is 0. The Morgan fingerprint density at radius 3 is 2.80 bits per heavy atom. The first-order valence-electron chi connectivity index (χ1n) is 6.83. The van der Waals surface area contributed by atoms with Crippen LogP contribution in [0.3, 0.4) is 0 Å². The minimum atomic E-state index is -0.297. The molecule has 0 aliphatic rings. The molecule has 0 aliphatic carbocycles. The molecule has 0 bridgehead atoms. The maximum absolute atomic E-state index is 13.0. The monoisotopic (exact) mass is 279 g/mol. The van der Waals surface area contributed by atoms with E-state index in [-0.39, 0.29) is 30.8 Å². The average molecular weight is 279 g/mol. The largest absolute Gasteiger partial charge is 0.394 e. The van der Waals surface area contributed by atoms with Crippen LogP contribution in [-0.2, 0) is 4.79 Å². The van der Waals surface area contributed by atoms with E-state index in [9.17, 15) is 14.3 Å². The van der Waals surface area contributed by atoms with E-state index in [1.165, 1.54) is 12.1 Å². The van der Waals surface area contributed by atoms with Gasteiger partial charge in [0.1, 0.15) is 5.82 Å². The second-order valence-corrected chi connectivity index (χ2v) is 5.24. The lowest BCUT2D eigenvalue weighted by atomic mass is 10.0. The molecule has 0 aliphatic heterocycles. The van der Waals surface area contributed by atoms with Gasteiger partial charge in [0.05, 0.1) is 12.6 Å². The molecule has 0 spiro atoms. The molecular weight excluding hydrogens is 257 g/mol. The van der Waals surface area contributed by atoms with Gasteiger partial charge < -0.3 is 10.4 Å². The van der Waals surface area contributed by atoms with Crippen molar-refractivity contribution in [2.45, 2.75) is 32.7 Å². The molecule has 0 saturated heterocycles. The van der Waals surface area contributed by atoms with Crippen LogP contribution < -0.4 is 5.32 Å². The second-order valence-electron chi connectivity index (χ2n) is 5.24. The number of rotatable bonds is 7. The molecule has 1 aromatic carbocycles. The van der Waals surface area contributed by atoms with Gasteiger partial charge in [0.2, 0.25) is 5.91 Å². The minimum Gasteiger partial charge on any atom is -0.394 e. The van der Waals surface area contributed by atoms with E-state index < -0.39 is 0 Å². The van der Waals surface area contributed by atoms with Crippen molar-refractivity contribution in [1.29, 1.82) is 0 Å². The van der Waals surface area contributed by atoms with Gasteiger partial charge >= 0.3 is 0 Å². The van der Waals surface area contributed by atoms with E-state index in [2.05, 4.69) is 5.32 Å². The Balaban J connectivity index is 2.42. The van der Waals surface area contributed by atoms with Gasteiger partial charge in [-0.05, 0) is 30.0 Å². The summed E-state index contributed by atoms with van der Waals surface area (Å²) in [4.78, 5) is 11.7. The average Bonchev–Trinajstić information content (AvgIpc) is 2.37. The summed E-state index contributed by atoms with van der Waals surface area (Å²) < 4.78 is 13.0. The maximum Gasteiger partial charge on any atom is 0.224 e. The van der Waals surface area contributed by atoms with Gasteiger partial charge in [-0.25, -0.2) is 4.39 Å². The Kier molecular flexibility index (Phi) is 6.94. The number of aliphatic hydroxyl groups excluding tert-OH is 1. The van der Waals surface area contributed by atoms with Crippen LogP contribution in [0.5, 0.6) is 0 Å². The van der Waals surface area contributed by atoms with Crippen LogP contribution in [0, 0.1) is 11.7 Å². The second kappa shape index (κ2) is 8.48. The van der Waals surface area contributed by atoms with Crippen molar-refractivity contribution in [3.63, 3.8) is 0 Å². The Bertz CT molecular complexity index is 458. The van der Waals surface area contributed by atoms with Crippen molar-refractivity contribution in [2.75, 3.05) is 6.61 Å². The third-order valence-electron chi connectivity index (χ3n) is 2.80. The van der Waals surface area contributed by atoms with E-state index in [0.717, 1.165) is 12.0 Å². The highest BCUT2D eigenvalue weighted by Gasteiger charge is 2.11. The summed E-state index contributed by atoms with van der Waals surface area (Å²) in [6, 6.07) is 5.97. The Hall–Kier alpha value is -1.68. The molecule has 0 heterocycles. The number of hydrogen-bond donors (Lipinski definition) is 2. The minimum absolute atomic E-state index is 0.0580. The van der Waals surface area contributed by atoms with E-state index in [0.29, 0.717) is 5.92 Å². The number of hydrogen-bond acceptors (Lipinski definition) is 2. The normalized spacial score (nSPS) is 12.8. The zero-order valence-corrected chi connectivity index (χ0v) is 12.0. The summed E-state index contributed by atoms with van der Waals surface area (Å²) in [5, 5.41) is 12.0. The summed E-state index contributed by atoms with van der Waals surface area (Å²) >= 11 is 0. The molecule has 20 heavy (non-hydrogen) atoms. The van der Waals surface area contributed by atoms with Gasteiger partial charge in [0.15, 0.2) is 0 Å². The van der Waals surface area contributed by atoms with Crippen molar-refractivity contribution in [3.8, 4) is 0 Å². The number of halogens is 1. The highest BCUT2D eigenvalue weighted by molar-refractivity contribution is 5.78. The van der Waals surface area contributed by atoms with Crippen LogP contribution in [0.1, 0.15) is 32.3 Å². The highest BCUT2D eigenvalue weighted by Crippen LogP contribution is 2.07. The Labute approximate surface area is 119 Å². The molecule has 0 saturated carbocycles. The number of carbonyl (C=O) groups is 1. The molecule has 2 N–H and O–H groups in total. The highest BCUT2D eigenvalue weighted by atomic mass is 19.1. The van der Waals surface area contributed by atoms with Crippen LogP contribution in [0.15, 0.2) is 30.3 Å². The molecular formula is C16H22FNO2. The predicted molar refractivity (Wildman–Crippen MR) is 78.5 cm³/mol. The van der Waals surface area contributed by atoms with E-state index in [1.54, 1.807) is 24.3 Å². The van der Waals surface area contributed by atoms with Crippen molar-refractivity contribution >= 4 is 12.0 Å². The topological polar surface area (TPSA) is 49.3 Å². The third kappa shape index (κ3) is 6.48. The Morgan fingerprint density at radius 2 is 2.20 bits per heavy atom. The predicted octanol–water partition coefficient (Wildman–Crippen LogP) is 2.75. The maximum atomic E-state index is 13.0. The molecule has 0 radical (unpaired) electrons. The molecule has 4 heteroatoms. The molecule has 1 aromatic rings. The van der Waals surface area contributed by atoms with Crippen molar-refractivity contribution in [1.82, 2.24) is 5.32 Å². The lowest BCUT2D eigenvalue weighted by Crippen LogP contribution is -2.38. The quantitative estimate of drug-likeness (QED) is 0.806. The van der Waals surface area contributed by atoms with Crippen molar-refractivity contribution < 1.29 is 14.3 Å². The van der Waals surface area contributed by atoms with E-state index >= 15 is 0 Å². The van der Waals surface area contributed by atoms with Gasteiger partial charge in [-0.15, -0.1) is 0 Å². The summed E-state index contributed by atoms with van der Waals surface area (Å²) in [5.41, 5.74) is 0.721. The zero-order chi connectivity index (χ0) is 15.0. The van der Waals surface area contributed by atoms with Crippen molar-refractivity contribution in [3.05, 3.63) is 41.7 Å². The molecule has 110 valence electrons. The zero-order valence-electron chi connectivity index (χ0n) is 12.0. The van der Waals surface area contributed by atoms with Crippen LogP contribution in [0.2, 0.25) is 0 Å². The fourth-order valence-electron chi connectivity index (χ4n) is 1.95. The van der Waals surface area contributed by atoms with Gasteiger partial charge in [0, 0.05) is 6.42 Å². The van der Waals surface area contributed by atoms with Crippen molar-refractivity contribution in [2.24, 2.45) is 5.92 Å². The van der Waals surface area contributed by atoms with Gasteiger partial charge in [0.25, 0.3) is 0 Å². The first-order chi connectivity index (χ1) is 9.51. The number of amides is 1. The molecule has 1 amide bonds. The van der Waals surface area contributed by atoms with Gasteiger partial charge in [-0.2, -0.15) is 0 Å². The smallest absolute Gasteiger partial charge is 0.224 e. The fourth-order valence-corrected chi connectivity index (χ4v) is 1.95. The third-order valence-corrected chi connectivity index (χ3v) is 2.80. The first-order valence-corrected chi connectivity index (χ1v) is 6.83. The molecule has 1 unspecified atom stereocenters. The van der Waals surface area contributed by atoms with Gasteiger partial charge in [-0.3, -0.25) is 4.79 Å². The standard InChI is InChI=1S/C16H22FNO2/c1-12(2)9-15(11-19)18-16(20)8-4-6-13-5-3-7-14(17)10-13/h3-7,10,12,15,19H,8-9,11H2,1-2H3,(H,18,20)/b6-4+. The molecule has 0 aromatic heterocycles. The fraction of sp³-hybridized carbons (Fsp3) is 0.438. The lowest BCUT2D eigenvalue weighted by molar-refractivity contribution is -0.121. The summed E-state index contributed by atoms with van der Waals surface area (Å²) in [6.45, 7) is 4.02. The van der Waals surface area contributed by atoms with Crippen LogP contribution in [0.25, 0.3) is 6.08 Å².